The number of amides is 1. The summed E-state index contributed by atoms with van der Waals surface area (Å²) in [7, 11) is -3.60. The van der Waals surface area contributed by atoms with E-state index in [0.29, 0.717) is 16.3 Å². The number of carbonyl (C=O) groups excluding carboxylic acids is 1. The van der Waals surface area contributed by atoms with E-state index < -0.39 is 10.0 Å². The Labute approximate surface area is 144 Å². The predicted octanol–water partition coefficient (Wildman–Crippen LogP) is 2.33. The maximum atomic E-state index is 12.0. The van der Waals surface area contributed by atoms with Gasteiger partial charge in [0.25, 0.3) is 10.0 Å². The third-order valence-corrected chi connectivity index (χ3v) is 5.30. The van der Waals surface area contributed by atoms with E-state index in [-0.39, 0.29) is 23.2 Å². The van der Waals surface area contributed by atoms with Gasteiger partial charge in [-0.3, -0.25) is 14.5 Å². The molecule has 0 radical (unpaired) electrons. The molecule has 0 saturated carbocycles. The van der Waals surface area contributed by atoms with Gasteiger partial charge in [0.1, 0.15) is 12.4 Å². The van der Waals surface area contributed by atoms with Crippen molar-refractivity contribution in [3.05, 3.63) is 58.6 Å². The number of aliphatic imine (C=N–C) groups is 1. The van der Waals surface area contributed by atoms with Crippen molar-refractivity contribution in [1.82, 2.24) is 4.72 Å². The van der Waals surface area contributed by atoms with Crippen LogP contribution in [0, 0.1) is 6.92 Å². The topological polar surface area (TPSA) is 87.6 Å². The van der Waals surface area contributed by atoms with Crippen molar-refractivity contribution in [2.45, 2.75) is 11.8 Å². The Hall–Kier alpha value is -2.38. The highest BCUT2D eigenvalue weighted by molar-refractivity contribution is 7.90. The van der Waals surface area contributed by atoms with Crippen molar-refractivity contribution in [3.8, 4) is 0 Å². The van der Waals surface area contributed by atoms with Gasteiger partial charge < -0.3 is 5.32 Å². The fraction of sp³-hybridized carbons (Fsp3) is 0.125. The minimum atomic E-state index is -3.60. The first kappa shape index (κ1) is 16.5. The molecule has 1 aliphatic heterocycles. The molecule has 0 atom stereocenters. The lowest BCUT2D eigenvalue weighted by molar-refractivity contribution is -0.114. The fourth-order valence-electron chi connectivity index (χ4n) is 2.27. The smallest absolute Gasteiger partial charge is 0.263 e. The number of halogens is 1. The molecule has 124 valence electrons. The molecule has 24 heavy (non-hydrogen) atoms. The van der Waals surface area contributed by atoms with Crippen molar-refractivity contribution in [3.63, 3.8) is 0 Å². The van der Waals surface area contributed by atoms with Gasteiger partial charge >= 0.3 is 0 Å². The molecule has 0 unspecified atom stereocenters. The first-order valence-corrected chi connectivity index (χ1v) is 8.95. The lowest BCUT2D eigenvalue weighted by Crippen LogP contribution is -2.24. The minimum absolute atomic E-state index is 0.162. The number of hydrogen-bond donors (Lipinski definition) is 2. The fourth-order valence-corrected chi connectivity index (χ4v) is 3.70. The highest BCUT2D eigenvalue weighted by atomic mass is 35.5. The number of anilines is 1. The van der Waals surface area contributed by atoms with Crippen LogP contribution in [0.25, 0.3) is 0 Å². The molecular formula is C16H14ClN3O3S. The molecule has 1 aliphatic rings. The normalized spacial score (nSPS) is 16.5. The number of fused-ring (bicyclic) bond motifs is 1. The quantitative estimate of drug-likeness (QED) is 0.877. The summed E-state index contributed by atoms with van der Waals surface area (Å²) in [5, 5.41) is 3.22. The SMILES string of the molecule is Cc1ccc(NC(=O)CN=C2NS(=O)(=O)c3ccccc32)cc1Cl. The molecule has 3 rings (SSSR count). The van der Waals surface area contributed by atoms with Gasteiger partial charge in [0, 0.05) is 16.3 Å². The Morgan fingerprint density at radius 2 is 2.00 bits per heavy atom. The second-order valence-electron chi connectivity index (χ2n) is 5.28. The van der Waals surface area contributed by atoms with Crippen molar-refractivity contribution in [1.29, 1.82) is 0 Å². The van der Waals surface area contributed by atoms with E-state index in [1.807, 2.05) is 6.92 Å². The Morgan fingerprint density at radius 1 is 1.25 bits per heavy atom. The molecule has 8 heteroatoms. The highest BCUT2D eigenvalue weighted by Gasteiger charge is 2.30. The van der Waals surface area contributed by atoms with E-state index in [2.05, 4.69) is 15.0 Å². The van der Waals surface area contributed by atoms with Gasteiger partial charge in [-0.1, -0.05) is 29.8 Å². The second-order valence-corrected chi connectivity index (χ2v) is 7.34. The second kappa shape index (κ2) is 6.26. The van der Waals surface area contributed by atoms with Crippen LogP contribution in [0.3, 0.4) is 0 Å². The molecule has 0 aliphatic carbocycles. The number of amidine groups is 1. The van der Waals surface area contributed by atoms with Crippen LogP contribution < -0.4 is 10.0 Å². The Morgan fingerprint density at radius 3 is 2.75 bits per heavy atom. The molecule has 6 nitrogen and oxygen atoms in total. The molecule has 0 spiro atoms. The van der Waals surface area contributed by atoms with Gasteiger partial charge in [-0.15, -0.1) is 0 Å². The summed E-state index contributed by atoms with van der Waals surface area (Å²) in [6.07, 6.45) is 0. The van der Waals surface area contributed by atoms with Crippen LogP contribution in [0.2, 0.25) is 5.02 Å². The Balaban J connectivity index is 1.74. The zero-order valence-electron chi connectivity index (χ0n) is 12.7. The Bertz CT molecular complexity index is 955. The number of nitrogens with zero attached hydrogens (tertiary/aromatic N) is 1. The largest absolute Gasteiger partial charge is 0.324 e. The molecule has 2 aromatic carbocycles. The molecule has 2 N–H and O–H groups in total. The number of aryl methyl sites for hydroxylation is 1. The van der Waals surface area contributed by atoms with Crippen molar-refractivity contribution >= 4 is 39.1 Å². The van der Waals surface area contributed by atoms with Crippen molar-refractivity contribution in [2.24, 2.45) is 4.99 Å². The van der Waals surface area contributed by atoms with Crippen LogP contribution >= 0.6 is 11.6 Å². The summed E-state index contributed by atoms with van der Waals surface area (Å²) in [6.45, 7) is 1.65. The molecule has 0 saturated heterocycles. The Kier molecular flexibility index (Phi) is 4.29. The van der Waals surface area contributed by atoms with Crippen LogP contribution in [0.5, 0.6) is 0 Å². The average Bonchev–Trinajstić information content (AvgIpc) is 2.80. The average molecular weight is 364 g/mol. The molecular weight excluding hydrogens is 350 g/mol. The van der Waals surface area contributed by atoms with E-state index >= 15 is 0 Å². The minimum Gasteiger partial charge on any atom is -0.324 e. The summed E-state index contributed by atoms with van der Waals surface area (Å²) in [4.78, 5) is 16.2. The number of hydrogen-bond acceptors (Lipinski definition) is 4. The number of carbonyl (C=O) groups is 1. The van der Waals surface area contributed by atoms with E-state index in [1.54, 1.807) is 36.4 Å². The third kappa shape index (κ3) is 3.27. The standard InChI is InChI=1S/C16H14ClN3O3S/c1-10-6-7-11(8-13(10)17)19-15(21)9-18-16-12-4-2-3-5-14(12)24(22,23)20-16/h2-8H,9H2,1H3,(H,18,20)(H,19,21). The van der Waals surface area contributed by atoms with Crippen molar-refractivity contribution in [2.75, 3.05) is 11.9 Å². The van der Waals surface area contributed by atoms with Crippen LogP contribution in [0.1, 0.15) is 11.1 Å². The van der Waals surface area contributed by atoms with Gasteiger partial charge in [-0.25, -0.2) is 8.42 Å². The molecule has 0 aromatic heterocycles. The van der Waals surface area contributed by atoms with E-state index in [0.717, 1.165) is 5.56 Å². The number of nitrogens with one attached hydrogen (secondary N) is 2. The highest BCUT2D eigenvalue weighted by Crippen LogP contribution is 2.22. The molecule has 1 amide bonds. The maximum absolute atomic E-state index is 12.0. The zero-order chi connectivity index (χ0) is 17.3. The van der Waals surface area contributed by atoms with Gasteiger partial charge in [0.2, 0.25) is 5.91 Å². The van der Waals surface area contributed by atoms with Crippen LogP contribution in [-0.4, -0.2) is 26.7 Å². The summed E-state index contributed by atoms with van der Waals surface area (Å²) in [5.74, 6) is -0.200. The van der Waals surface area contributed by atoms with Crippen molar-refractivity contribution < 1.29 is 13.2 Å². The number of sulfonamides is 1. The van der Waals surface area contributed by atoms with Crippen LogP contribution in [0.4, 0.5) is 5.69 Å². The lowest BCUT2D eigenvalue weighted by Gasteiger charge is -2.06. The monoisotopic (exact) mass is 363 g/mol. The van der Waals surface area contributed by atoms with Gasteiger partial charge in [-0.05, 0) is 36.8 Å². The van der Waals surface area contributed by atoms with Crippen LogP contribution in [0.15, 0.2) is 52.4 Å². The molecule has 1 heterocycles. The predicted molar refractivity (Wildman–Crippen MR) is 93.0 cm³/mol. The molecule has 0 fully saturated rings. The van der Waals surface area contributed by atoms with Crippen LogP contribution in [-0.2, 0) is 14.8 Å². The summed E-state index contributed by atoms with van der Waals surface area (Å²) < 4.78 is 26.3. The van der Waals surface area contributed by atoms with Gasteiger partial charge in [-0.2, -0.15) is 0 Å². The number of rotatable bonds is 3. The summed E-state index contributed by atoms with van der Waals surface area (Å²) >= 11 is 6.01. The molecule has 2 aromatic rings. The third-order valence-electron chi connectivity index (χ3n) is 3.50. The summed E-state index contributed by atoms with van der Waals surface area (Å²) in [5.41, 5.74) is 1.93. The lowest BCUT2D eigenvalue weighted by atomic mass is 10.2. The first-order valence-electron chi connectivity index (χ1n) is 7.09. The first-order chi connectivity index (χ1) is 11.4. The van der Waals surface area contributed by atoms with E-state index in [9.17, 15) is 13.2 Å². The van der Waals surface area contributed by atoms with E-state index in [4.69, 9.17) is 11.6 Å². The van der Waals surface area contributed by atoms with Gasteiger partial charge in [0.05, 0.1) is 4.90 Å². The van der Waals surface area contributed by atoms with E-state index in [1.165, 1.54) is 6.07 Å². The van der Waals surface area contributed by atoms with Gasteiger partial charge in [0.15, 0.2) is 0 Å². The number of benzene rings is 2. The molecule has 0 bridgehead atoms. The maximum Gasteiger partial charge on any atom is 0.263 e. The summed E-state index contributed by atoms with van der Waals surface area (Å²) in [6, 6.07) is 11.7. The zero-order valence-corrected chi connectivity index (χ0v) is 14.3.